The molecule has 2 aliphatic carbocycles. The fraction of sp³-hybridized carbons (Fsp3) is 0.478. The van der Waals surface area contributed by atoms with E-state index in [1.54, 1.807) is 6.07 Å². The first kappa shape index (κ1) is 16.8. The normalized spacial score (nSPS) is 24.6. The first-order valence-corrected chi connectivity index (χ1v) is 9.76. The largest absolute Gasteiger partial charge is 0.204 e. The molecule has 0 heterocycles. The molecule has 0 nitrogen and oxygen atoms in total. The maximum absolute atomic E-state index is 13.4. The van der Waals surface area contributed by atoms with Crippen molar-refractivity contribution in [3.05, 3.63) is 59.7 Å². The molecular formula is C23H26F2. The Bertz CT molecular complexity index is 705. The van der Waals surface area contributed by atoms with E-state index in [0.29, 0.717) is 5.92 Å². The van der Waals surface area contributed by atoms with Gasteiger partial charge >= 0.3 is 0 Å². The molecule has 2 fully saturated rings. The highest BCUT2D eigenvalue weighted by atomic mass is 19.2. The molecule has 2 aromatic carbocycles. The van der Waals surface area contributed by atoms with Gasteiger partial charge in [-0.05, 0) is 72.3 Å². The van der Waals surface area contributed by atoms with Gasteiger partial charge in [0.25, 0.3) is 0 Å². The van der Waals surface area contributed by atoms with Crippen molar-refractivity contribution in [1.82, 2.24) is 0 Å². The van der Waals surface area contributed by atoms with E-state index in [-0.39, 0.29) is 0 Å². The molecule has 132 valence electrons. The first-order chi connectivity index (χ1) is 12.2. The van der Waals surface area contributed by atoms with Crippen LogP contribution in [0.25, 0.3) is 11.1 Å². The molecule has 2 aromatic rings. The van der Waals surface area contributed by atoms with Crippen LogP contribution in [0.15, 0.2) is 42.5 Å². The lowest BCUT2D eigenvalue weighted by Gasteiger charge is -2.32. The number of halogens is 2. The average Bonchev–Trinajstić information content (AvgIpc) is 3.19. The Kier molecular flexibility index (Phi) is 4.87. The molecule has 0 aliphatic heterocycles. The highest BCUT2D eigenvalue weighted by molar-refractivity contribution is 5.63. The van der Waals surface area contributed by atoms with Crippen molar-refractivity contribution < 1.29 is 8.78 Å². The summed E-state index contributed by atoms with van der Waals surface area (Å²) in [4.78, 5) is 0. The van der Waals surface area contributed by atoms with Gasteiger partial charge in [-0.1, -0.05) is 56.0 Å². The van der Waals surface area contributed by atoms with E-state index in [4.69, 9.17) is 0 Å². The molecule has 0 aromatic heterocycles. The number of benzene rings is 2. The molecule has 0 amide bonds. The van der Waals surface area contributed by atoms with Crippen molar-refractivity contribution >= 4 is 0 Å². The molecule has 0 bridgehead atoms. The van der Waals surface area contributed by atoms with Crippen LogP contribution in [0, 0.1) is 23.5 Å². The Labute approximate surface area is 149 Å². The number of hydrogen-bond acceptors (Lipinski definition) is 0. The fourth-order valence-electron chi connectivity index (χ4n) is 4.98. The summed E-state index contributed by atoms with van der Waals surface area (Å²) < 4.78 is 26.5. The third-order valence-corrected chi connectivity index (χ3v) is 6.47. The van der Waals surface area contributed by atoms with Crippen LogP contribution in [-0.2, 0) is 0 Å². The summed E-state index contributed by atoms with van der Waals surface area (Å²) in [6.45, 7) is 0. The van der Waals surface area contributed by atoms with Gasteiger partial charge in [0.15, 0.2) is 11.6 Å². The van der Waals surface area contributed by atoms with Crippen LogP contribution in [0.3, 0.4) is 0 Å². The van der Waals surface area contributed by atoms with Crippen molar-refractivity contribution in [2.75, 3.05) is 0 Å². The molecule has 2 aliphatic rings. The molecule has 0 unspecified atom stereocenters. The monoisotopic (exact) mass is 340 g/mol. The minimum Gasteiger partial charge on any atom is -0.204 e. The topological polar surface area (TPSA) is 0 Å². The Balaban J connectivity index is 1.41. The van der Waals surface area contributed by atoms with Crippen LogP contribution < -0.4 is 0 Å². The van der Waals surface area contributed by atoms with Crippen molar-refractivity contribution in [2.24, 2.45) is 11.8 Å². The Hall–Kier alpha value is -1.70. The van der Waals surface area contributed by atoms with Crippen LogP contribution in [0.4, 0.5) is 8.78 Å². The standard InChI is InChI=1S/C23H26F2/c24-22-14-13-21(15-23(22)25)20-11-9-19(10-12-20)18-7-5-17(6-8-18)16-3-1-2-4-16/h9-18H,1-8H2/t17-,18-. The van der Waals surface area contributed by atoms with Gasteiger partial charge in [0.1, 0.15) is 0 Å². The maximum atomic E-state index is 13.4. The van der Waals surface area contributed by atoms with Crippen molar-refractivity contribution in [2.45, 2.75) is 57.3 Å². The highest BCUT2D eigenvalue weighted by Crippen LogP contribution is 2.43. The summed E-state index contributed by atoms with van der Waals surface area (Å²) in [6.07, 6.45) is 11.1. The lowest BCUT2D eigenvalue weighted by atomic mass is 9.73. The second kappa shape index (κ2) is 7.27. The summed E-state index contributed by atoms with van der Waals surface area (Å²) in [5.74, 6) is 1.04. The maximum Gasteiger partial charge on any atom is 0.159 e. The summed E-state index contributed by atoms with van der Waals surface area (Å²) in [5.41, 5.74) is 3.08. The molecule has 25 heavy (non-hydrogen) atoms. The van der Waals surface area contributed by atoms with E-state index in [0.717, 1.165) is 23.0 Å². The molecule has 4 rings (SSSR count). The Morgan fingerprint density at radius 2 is 1.20 bits per heavy atom. The SMILES string of the molecule is Fc1ccc(-c2ccc([C@H]3CC[C@H](C4CCCC4)CC3)cc2)cc1F. The zero-order valence-corrected chi connectivity index (χ0v) is 14.7. The fourth-order valence-corrected chi connectivity index (χ4v) is 4.98. The quantitative estimate of drug-likeness (QED) is 0.559. The van der Waals surface area contributed by atoms with Crippen molar-refractivity contribution in [3.63, 3.8) is 0 Å². The lowest BCUT2D eigenvalue weighted by molar-refractivity contribution is 0.235. The van der Waals surface area contributed by atoms with E-state index in [1.807, 2.05) is 12.1 Å². The zero-order chi connectivity index (χ0) is 17.2. The van der Waals surface area contributed by atoms with E-state index in [1.165, 1.54) is 69.1 Å². The molecule has 0 radical (unpaired) electrons. The Morgan fingerprint density at radius 3 is 1.84 bits per heavy atom. The predicted octanol–water partition coefficient (Wildman–Crippen LogP) is 7.10. The molecule has 0 saturated heterocycles. The molecular weight excluding hydrogens is 314 g/mol. The number of rotatable bonds is 3. The van der Waals surface area contributed by atoms with Gasteiger partial charge in [-0.25, -0.2) is 8.78 Å². The average molecular weight is 340 g/mol. The Morgan fingerprint density at radius 1 is 0.600 bits per heavy atom. The van der Waals surface area contributed by atoms with Gasteiger partial charge in [0, 0.05) is 0 Å². The second-order valence-corrected chi connectivity index (χ2v) is 7.91. The van der Waals surface area contributed by atoms with E-state index < -0.39 is 11.6 Å². The predicted molar refractivity (Wildman–Crippen MR) is 98.5 cm³/mol. The van der Waals surface area contributed by atoms with Gasteiger partial charge in [0.05, 0.1) is 0 Å². The minimum atomic E-state index is -0.792. The van der Waals surface area contributed by atoms with E-state index >= 15 is 0 Å². The van der Waals surface area contributed by atoms with E-state index in [9.17, 15) is 8.78 Å². The molecule has 0 N–H and O–H groups in total. The lowest BCUT2D eigenvalue weighted by Crippen LogP contribution is -2.19. The van der Waals surface area contributed by atoms with E-state index in [2.05, 4.69) is 12.1 Å². The highest BCUT2D eigenvalue weighted by Gasteiger charge is 2.29. The third-order valence-electron chi connectivity index (χ3n) is 6.47. The van der Waals surface area contributed by atoms with Crippen LogP contribution in [0.2, 0.25) is 0 Å². The smallest absolute Gasteiger partial charge is 0.159 e. The van der Waals surface area contributed by atoms with Gasteiger partial charge in [-0.2, -0.15) is 0 Å². The van der Waals surface area contributed by atoms with Crippen molar-refractivity contribution in [3.8, 4) is 11.1 Å². The molecule has 2 saturated carbocycles. The van der Waals surface area contributed by atoms with Crippen LogP contribution in [0.1, 0.15) is 62.8 Å². The third kappa shape index (κ3) is 3.63. The summed E-state index contributed by atoms with van der Waals surface area (Å²) in [5, 5.41) is 0. The summed E-state index contributed by atoms with van der Waals surface area (Å²) in [6, 6.07) is 12.6. The van der Waals surface area contributed by atoms with Crippen LogP contribution in [0.5, 0.6) is 0 Å². The first-order valence-electron chi connectivity index (χ1n) is 9.76. The van der Waals surface area contributed by atoms with Crippen molar-refractivity contribution in [1.29, 1.82) is 0 Å². The van der Waals surface area contributed by atoms with Gasteiger partial charge in [-0.3, -0.25) is 0 Å². The summed E-state index contributed by atoms with van der Waals surface area (Å²) in [7, 11) is 0. The molecule has 2 heteroatoms. The number of hydrogen-bond donors (Lipinski definition) is 0. The molecule has 0 spiro atoms. The van der Waals surface area contributed by atoms with Gasteiger partial charge in [0.2, 0.25) is 0 Å². The summed E-state index contributed by atoms with van der Waals surface area (Å²) >= 11 is 0. The van der Waals surface area contributed by atoms with Gasteiger partial charge in [-0.15, -0.1) is 0 Å². The second-order valence-electron chi connectivity index (χ2n) is 7.91. The minimum absolute atomic E-state index is 0.664. The van der Waals surface area contributed by atoms with Crippen LogP contribution in [-0.4, -0.2) is 0 Å². The molecule has 0 atom stereocenters. The van der Waals surface area contributed by atoms with Crippen LogP contribution >= 0.6 is 0 Å². The zero-order valence-electron chi connectivity index (χ0n) is 14.7. The van der Waals surface area contributed by atoms with Gasteiger partial charge < -0.3 is 0 Å².